The van der Waals surface area contributed by atoms with Gasteiger partial charge >= 0.3 is 0 Å². The van der Waals surface area contributed by atoms with Crippen LogP contribution in [0.1, 0.15) is 6.92 Å². The molecule has 0 N–H and O–H groups in total. The standard InChI is InChI=1S/C14H14O/c1-12-7-5-6-10-14(11-12)15-13-8-3-2-4-9-13/h2-12H,1H3. The summed E-state index contributed by atoms with van der Waals surface area (Å²) in [6.45, 7) is 2.14. The van der Waals surface area contributed by atoms with Gasteiger partial charge in [-0.2, -0.15) is 0 Å². The number of para-hydroxylation sites is 1. The zero-order valence-corrected chi connectivity index (χ0v) is 8.76. The number of allylic oxidation sites excluding steroid dienone is 5. The van der Waals surface area contributed by atoms with Gasteiger partial charge in [0.05, 0.1) is 0 Å². The number of ether oxygens (including phenoxy) is 1. The van der Waals surface area contributed by atoms with Crippen LogP contribution in [0, 0.1) is 5.92 Å². The summed E-state index contributed by atoms with van der Waals surface area (Å²) in [6.07, 6.45) is 10.3. The summed E-state index contributed by atoms with van der Waals surface area (Å²) in [5.41, 5.74) is 0. The van der Waals surface area contributed by atoms with Crippen molar-refractivity contribution in [3.63, 3.8) is 0 Å². The number of benzene rings is 1. The van der Waals surface area contributed by atoms with Crippen molar-refractivity contribution in [3.05, 3.63) is 66.5 Å². The first-order chi connectivity index (χ1) is 7.34. The topological polar surface area (TPSA) is 9.23 Å². The van der Waals surface area contributed by atoms with Crippen LogP contribution in [0.25, 0.3) is 0 Å². The van der Waals surface area contributed by atoms with Gasteiger partial charge in [-0.05, 0) is 30.2 Å². The van der Waals surface area contributed by atoms with E-state index in [9.17, 15) is 0 Å². The molecule has 1 nitrogen and oxygen atoms in total. The highest BCUT2D eigenvalue weighted by Gasteiger charge is 2.01. The predicted molar refractivity (Wildman–Crippen MR) is 62.6 cm³/mol. The first-order valence-corrected chi connectivity index (χ1v) is 5.14. The Bertz CT molecular complexity index is 399. The van der Waals surface area contributed by atoms with E-state index in [1.165, 1.54) is 0 Å². The molecule has 1 unspecified atom stereocenters. The maximum absolute atomic E-state index is 5.74. The van der Waals surface area contributed by atoms with Crippen molar-refractivity contribution in [1.82, 2.24) is 0 Å². The highest BCUT2D eigenvalue weighted by Crippen LogP contribution is 2.17. The lowest BCUT2D eigenvalue weighted by molar-refractivity contribution is 0.440. The van der Waals surface area contributed by atoms with Crippen LogP contribution in [0.15, 0.2) is 66.5 Å². The van der Waals surface area contributed by atoms with Gasteiger partial charge in [0.1, 0.15) is 11.5 Å². The van der Waals surface area contributed by atoms with Gasteiger partial charge in [0.25, 0.3) is 0 Å². The zero-order chi connectivity index (χ0) is 10.5. The molecule has 1 aromatic carbocycles. The minimum Gasteiger partial charge on any atom is -0.458 e. The fourth-order valence-electron chi connectivity index (χ4n) is 1.45. The molecule has 0 saturated carbocycles. The van der Waals surface area contributed by atoms with Crippen LogP contribution in [-0.2, 0) is 0 Å². The molecule has 1 aliphatic carbocycles. The zero-order valence-electron chi connectivity index (χ0n) is 8.76. The third-order valence-corrected chi connectivity index (χ3v) is 2.19. The molecule has 0 aromatic heterocycles. The molecule has 0 heterocycles. The van der Waals surface area contributed by atoms with Crippen LogP contribution in [0.5, 0.6) is 5.75 Å². The van der Waals surface area contributed by atoms with Gasteiger partial charge in [0.2, 0.25) is 0 Å². The molecule has 76 valence electrons. The van der Waals surface area contributed by atoms with Crippen molar-refractivity contribution in [1.29, 1.82) is 0 Å². The van der Waals surface area contributed by atoms with Crippen molar-refractivity contribution in [3.8, 4) is 5.75 Å². The quantitative estimate of drug-likeness (QED) is 0.703. The fourth-order valence-corrected chi connectivity index (χ4v) is 1.45. The lowest BCUT2D eigenvalue weighted by atomic mass is 10.1. The minimum atomic E-state index is 0.415. The summed E-state index contributed by atoms with van der Waals surface area (Å²) < 4.78 is 5.74. The SMILES string of the molecule is CC1C=CC=CC(Oc2ccccc2)=C1. The summed E-state index contributed by atoms with van der Waals surface area (Å²) in [7, 11) is 0. The molecule has 0 saturated heterocycles. The summed E-state index contributed by atoms with van der Waals surface area (Å²) in [5.74, 6) is 2.19. The first-order valence-electron chi connectivity index (χ1n) is 5.14. The van der Waals surface area contributed by atoms with Crippen molar-refractivity contribution >= 4 is 0 Å². The molecule has 0 spiro atoms. The molecule has 1 aromatic rings. The van der Waals surface area contributed by atoms with Crippen LogP contribution in [0.2, 0.25) is 0 Å². The molecule has 0 aliphatic heterocycles. The van der Waals surface area contributed by atoms with Crippen molar-refractivity contribution in [2.24, 2.45) is 5.92 Å². The Labute approximate surface area is 90.4 Å². The molecule has 1 aliphatic rings. The Morgan fingerprint density at radius 2 is 1.87 bits per heavy atom. The molecular formula is C14H14O. The molecule has 0 amide bonds. The average Bonchev–Trinajstić information content (AvgIpc) is 2.44. The van der Waals surface area contributed by atoms with Crippen LogP contribution < -0.4 is 4.74 Å². The van der Waals surface area contributed by atoms with E-state index >= 15 is 0 Å². The second kappa shape index (κ2) is 4.65. The third-order valence-electron chi connectivity index (χ3n) is 2.19. The van der Waals surface area contributed by atoms with Crippen LogP contribution in [0.3, 0.4) is 0 Å². The lowest BCUT2D eigenvalue weighted by Gasteiger charge is -2.06. The average molecular weight is 198 g/mol. The number of rotatable bonds is 2. The van der Waals surface area contributed by atoms with Crippen molar-refractivity contribution in [2.75, 3.05) is 0 Å². The second-order valence-electron chi connectivity index (χ2n) is 3.59. The predicted octanol–water partition coefficient (Wildman–Crippen LogP) is 3.71. The van der Waals surface area contributed by atoms with Crippen molar-refractivity contribution < 1.29 is 4.74 Å². The van der Waals surface area contributed by atoms with E-state index in [-0.39, 0.29) is 0 Å². The summed E-state index contributed by atoms with van der Waals surface area (Å²) >= 11 is 0. The molecule has 15 heavy (non-hydrogen) atoms. The Balaban J connectivity index is 2.13. The maximum atomic E-state index is 5.74. The Hall–Kier alpha value is -1.76. The number of hydrogen-bond acceptors (Lipinski definition) is 1. The van der Waals surface area contributed by atoms with Crippen LogP contribution >= 0.6 is 0 Å². The Morgan fingerprint density at radius 3 is 2.67 bits per heavy atom. The first kappa shape index (κ1) is 9.78. The summed E-state index contributed by atoms with van der Waals surface area (Å²) in [4.78, 5) is 0. The fraction of sp³-hybridized carbons (Fsp3) is 0.143. The molecule has 0 radical (unpaired) electrons. The maximum Gasteiger partial charge on any atom is 0.127 e. The van der Waals surface area contributed by atoms with E-state index in [0.717, 1.165) is 11.5 Å². The van der Waals surface area contributed by atoms with Gasteiger partial charge in [-0.15, -0.1) is 0 Å². The monoisotopic (exact) mass is 198 g/mol. The van der Waals surface area contributed by atoms with E-state index in [1.54, 1.807) is 0 Å². The van der Waals surface area contributed by atoms with Gasteiger partial charge in [-0.1, -0.05) is 43.4 Å². The molecule has 2 rings (SSSR count). The molecular weight excluding hydrogens is 184 g/mol. The molecule has 0 fully saturated rings. The van der Waals surface area contributed by atoms with E-state index in [0.29, 0.717) is 5.92 Å². The van der Waals surface area contributed by atoms with Crippen LogP contribution in [0.4, 0.5) is 0 Å². The third kappa shape index (κ3) is 2.84. The summed E-state index contributed by atoms with van der Waals surface area (Å²) in [6, 6.07) is 9.83. The normalized spacial score (nSPS) is 19.5. The summed E-state index contributed by atoms with van der Waals surface area (Å²) in [5, 5.41) is 0. The smallest absolute Gasteiger partial charge is 0.127 e. The van der Waals surface area contributed by atoms with Gasteiger partial charge in [-0.3, -0.25) is 0 Å². The van der Waals surface area contributed by atoms with E-state index < -0.39 is 0 Å². The van der Waals surface area contributed by atoms with Gasteiger partial charge < -0.3 is 4.74 Å². The molecule has 0 bridgehead atoms. The Morgan fingerprint density at radius 1 is 1.07 bits per heavy atom. The largest absolute Gasteiger partial charge is 0.458 e. The Kier molecular flexibility index (Phi) is 3.03. The van der Waals surface area contributed by atoms with Gasteiger partial charge in [0.15, 0.2) is 0 Å². The molecule has 1 heteroatoms. The van der Waals surface area contributed by atoms with Gasteiger partial charge in [-0.25, -0.2) is 0 Å². The van der Waals surface area contributed by atoms with E-state index in [2.05, 4.69) is 19.1 Å². The minimum absolute atomic E-state index is 0.415. The van der Waals surface area contributed by atoms with E-state index in [1.807, 2.05) is 48.6 Å². The van der Waals surface area contributed by atoms with E-state index in [4.69, 9.17) is 4.74 Å². The lowest BCUT2D eigenvalue weighted by Crippen LogP contribution is -1.94. The highest BCUT2D eigenvalue weighted by atomic mass is 16.5. The second-order valence-corrected chi connectivity index (χ2v) is 3.59. The van der Waals surface area contributed by atoms with Gasteiger partial charge in [0, 0.05) is 0 Å². The number of hydrogen-bond donors (Lipinski definition) is 0. The van der Waals surface area contributed by atoms with Crippen molar-refractivity contribution in [2.45, 2.75) is 6.92 Å². The van der Waals surface area contributed by atoms with Crippen LogP contribution in [-0.4, -0.2) is 0 Å². The highest BCUT2D eigenvalue weighted by molar-refractivity contribution is 5.30. The molecule has 1 atom stereocenters.